The molecular formula is C20H27N3O3. The standard InChI is InChI=1S/C20H27N3O3/c1-5-21(6-2)11-12-22-16-10-8-9-15-18(20(25)26-7-3)14(4)23(19(15)16)13-17(22)24/h8-10H,5-7,11-13H2,1-4H3. The number of nitrogens with zero attached hydrogens (tertiary/aromatic N) is 3. The van der Waals surface area contributed by atoms with Gasteiger partial charge in [0.1, 0.15) is 6.54 Å². The van der Waals surface area contributed by atoms with Crippen molar-refractivity contribution in [1.82, 2.24) is 9.47 Å². The fourth-order valence-corrected chi connectivity index (χ4v) is 3.77. The van der Waals surface area contributed by atoms with Crippen molar-refractivity contribution in [2.24, 2.45) is 0 Å². The average molecular weight is 357 g/mol. The number of hydrogen-bond donors (Lipinski definition) is 0. The van der Waals surface area contributed by atoms with Gasteiger partial charge in [-0.3, -0.25) is 4.79 Å². The Morgan fingerprint density at radius 1 is 1.23 bits per heavy atom. The van der Waals surface area contributed by atoms with E-state index in [9.17, 15) is 9.59 Å². The number of carbonyl (C=O) groups is 2. The normalized spacial score (nSPS) is 13.7. The van der Waals surface area contributed by atoms with Gasteiger partial charge in [0.05, 0.1) is 23.4 Å². The number of anilines is 1. The van der Waals surface area contributed by atoms with Gasteiger partial charge in [0.25, 0.3) is 0 Å². The average Bonchev–Trinajstić information content (AvgIpc) is 2.91. The number of esters is 1. The van der Waals surface area contributed by atoms with Crippen LogP contribution < -0.4 is 4.90 Å². The fraction of sp³-hybridized carbons (Fsp3) is 0.500. The lowest BCUT2D eigenvalue weighted by atomic mass is 10.1. The van der Waals surface area contributed by atoms with Crippen LogP contribution in [0.5, 0.6) is 0 Å². The largest absolute Gasteiger partial charge is 0.462 e. The highest BCUT2D eigenvalue weighted by molar-refractivity contribution is 6.13. The van der Waals surface area contributed by atoms with Gasteiger partial charge in [-0.05, 0) is 33.0 Å². The first-order valence-electron chi connectivity index (χ1n) is 9.35. The zero-order chi connectivity index (χ0) is 18.8. The first-order valence-corrected chi connectivity index (χ1v) is 9.35. The molecule has 26 heavy (non-hydrogen) atoms. The third-order valence-corrected chi connectivity index (χ3v) is 5.22. The lowest BCUT2D eigenvalue weighted by Gasteiger charge is -2.31. The molecule has 1 aromatic heterocycles. The van der Waals surface area contributed by atoms with Gasteiger partial charge in [0, 0.05) is 24.2 Å². The first-order chi connectivity index (χ1) is 12.5. The minimum atomic E-state index is -0.324. The second-order valence-electron chi connectivity index (χ2n) is 6.51. The van der Waals surface area contributed by atoms with Crippen molar-refractivity contribution in [1.29, 1.82) is 0 Å². The summed E-state index contributed by atoms with van der Waals surface area (Å²) in [6, 6.07) is 5.81. The van der Waals surface area contributed by atoms with Crippen LogP contribution in [0.15, 0.2) is 18.2 Å². The van der Waals surface area contributed by atoms with Crippen molar-refractivity contribution in [3.63, 3.8) is 0 Å². The molecule has 0 aliphatic carbocycles. The van der Waals surface area contributed by atoms with Gasteiger partial charge in [-0.25, -0.2) is 4.79 Å². The summed E-state index contributed by atoms with van der Waals surface area (Å²) in [5.74, 6) is -0.263. The van der Waals surface area contributed by atoms with E-state index < -0.39 is 0 Å². The molecule has 1 aromatic carbocycles. The van der Waals surface area contributed by atoms with Gasteiger partial charge < -0.3 is 19.1 Å². The molecule has 1 aliphatic rings. The summed E-state index contributed by atoms with van der Waals surface area (Å²) in [6.07, 6.45) is 0. The lowest BCUT2D eigenvalue weighted by Crippen LogP contribution is -2.42. The van der Waals surface area contributed by atoms with Crippen molar-refractivity contribution < 1.29 is 14.3 Å². The van der Waals surface area contributed by atoms with Crippen LogP contribution in [0.3, 0.4) is 0 Å². The van der Waals surface area contributed by atoms with Gasteiger partial charge in [-0.1, -0.05) is 26.0 Å². The second kappa shape index (κ2) is 7.50. The van der Waals surface area contributed by atoms with Gasteiger partial charge >= 0.3 is 5.97 Å². The lowest BCUT2D eigenvalue weighted by molar-refractivity contribution is -0.119. The van der Waals surface area contributed by atoms with Crippen molar-refractivity contribution in [3.8, 4) is 0 Å². The zero-order valence-electron chi connectivity index (χ0n) is 16.0. The third kappa shape index (κ3) is 2.98. The molecule has 2 heterocycles. The Balaban J connectivity index is 2.05. The maximum Gasteiger partial charge on any atom is 0.340 e. The van der Waals surface area contributed by atoms with E-state index in [1.165, 1.54) is 0 Å². The molecule has 6 nitrogen and oxygen atoms in total. The van der Waals surface area contributed by atoms with E-state index in [1.807, 2.05) is 34.6 Å². The van der Waals surface area contributed by atoms with E-state index in [0.717, 1.165) is 41.9 Å². The van der Waals surface area contributed by atoms with Crippen molar-refractivity contribution in [2.45, 2.75) is 34.2 Å². The Kier molecular flexibility index (Phi) is 5.32. The van der Waals surface area contributed by atoms with E-state index in [4.69, 9.17) is 4.74 Å². The quantitative estimate of drug-likeness (QED) is 0.715. The van der Waals surface area contributed by atoms with E-state index in [2.05, 4.69) is 18.7 Å². The molecule has 0 radical (unpaired) electrons. The molecule has 0 saturated heterocycles. The predicted octanol–water partition coefficient (Wildman–Crippen LogP) is 2.81. The molecule has 0 saturated carbocycles. The molecule has 0 bridgehead atoms. The maximum atomic E-state index is 12.8. The maximum absolute atomic E-state index is 12.8. The summed E-state index contributed by atoms with van der Waals surface area (Å²) < 4.78 is 7.19. The number of hydrogen-bond acceptors (Lipinski definition) is 4. The van der Waals surface area contributed by atoms with E-state index in [0.29, 0.717) is 18.7 Å². The zero-order valence-corrected chi connectivity index (χ0v) is 16.0. The van der Waals surface area contributed by atoms with Gasteiger partial charge in [0.15, 0.2) is 0 Å². The number of amides is 1. The van der Waals surface area contributed by atoms with Crippen LogP contribution in [0.1, 0.15) is 36.8 Å². The van der Waals surface area contributed by atoms with E-state index >= 15 is 0 Å². The molecule has 6 heteroatoms. The summed E-state index contributed by atoms with van der Waals surface area (Å²) in [5, 5.41) is 0.860. The number of likely N-dealkylation sites (N-methyl/N-ethyl adjacent to an activating group) is 1. The monoisotopic (exact) mass is 357 g/mol. The molecule has 0 spiro atoms. The highest BCUT2D eigenvalue weighted by atomic mass is 16.5. The molecule has 1 aliphatic heterocycles. The number of para-hydroxylation sites is 1. The van der Waals surface area contributed by atoms with Crippen LogP contribution >= 0.6 is 0 Å². The van der Waals surface area contributed by atoms with Crippen molar-refractivity contribution in [3.05, 3.63) is 29.5 Å². The topological polar surface area (TPSA) is 54.8 Å². The van der Waals surface area contributed by atoms with Crippen LogP contribution in [0.4, 0.5) is 5.69 Å². The third-order valence-electron chi connectivity index (χ3n) is 5.22. The number of benzene rings is 1. The molecule has 1 amide bonds. The molecule has 3 rings (SSSR count). The van der Waals surface area contributed by atoms with Crippen molar-refractivity contribution in [2.75, 3.05) is 37.7 Å². The molecule has 0 atom stereocenters. The highest BCUT2D eigenvalue weighted by Crippen LogP contribution is 2.36. The molecule has 0 fully saturated rings. The predicted molar refractivity (Wildman–Crippen MR) is 103 cm³/mol. The number of rotatable bonds is 7. The summed E-state index contributed by atoms with van der Waals surface area (Å²) in [7, 11) is 0. The summed E-state index contributed by atoms with van der Waals surface area (Å²) in [4.78, 5) is 29.4. The van der Waals surface area contributed by atoms with Gasteiger partial charge in [-0.2, -0.15) is 0 Å². The Hall–Kier alpha value is -2.34. The molecule has 0 unspecified atom stereocenters. The highest BCUT2D eigenvalue weighted by Gasteiger charge is 2.31. The Labute approximate surface area is 154 Å². The molecule has 2 aromatic rings. The number of ether oxygens (including phenoxy) is 1. The summed E-state index contributed by atoms with van der Waals surface area (Å²) in [6.45, 7) is 11.9. The number of carbonyl (C=O) groups excluding carboxylic acids is 2. The molecular weight excluding hydrogens is 330 g/mol. The number of aromatic nitrogens is 1. The van der Waals surface area contributed by atoms with Gasteiger partial charge in [0.2, 0.25) is 5.91 Å². The van der Waals surface area contributed by atoms with Crippen LogP contribution in [0, 0.1) is 6.92 Å². The molecule has 0 N–H and O–H groups in total. The van der Waals surface area contributed by atoms with Gasteiger partial charge in [-0.15, -0.1) is 0 Å². The SMILES string of the molecule is CCOC(=O)c1c(C)n2c3c(cccc13)N(CCN(CC)CC)C(=O)C2. The fourth-order valence-electron chi connectivity index (χ4n) is 3.77. The first kappa shape index (κ1) is 18.5. The van der Waals surface area contributed by atoms with Crippen LogP contribution in [-0.4, -0.2) is 54.1 Å². The minimum Gasteiger partial charge on any atom is -0.462 e. The smallest absolute Gasteiger partial charge is 0.340 e. The van der Waals surface area contributed by atoms with Crippen LogP contribution in [-0.2, 0) is 16.1 Å². The van der Waals surface area contributed by atoms with E-state index in [1.54, 1.807) is 6.92 Å². The Bertz CT molecular complexity index is 836. The van der Waals surface area contributed by atoms with Crippen LogP contribution in [0.2, 0.25) is 0 Å². The molecule has 140 valence electrons. The Morgan fingerprint density at radius 3 is 2.62 bits per heavy atom. The van der Waals surface area contributed by atoms with E-state index in [-0.39, 0.29) is 18.4 Å². The summed E-state index contributed by atoms with van der Waals surface area (Å²) >= 11 is 0. The summed E-state index contributed by atoms with van der Waals surface area (Å²) in [5.41, 5.74) is 3.20. The van der Waals surface area contributed by atoms with Crippen molar-refractivity contribution >= 4 is 28.5 Å². The van der Waals surface area contributed by atoms with Crippen LogP contribution in [0.25, 0.3) is 10.9 Å². The minimum absolute atomic E-state index is 0.0614. The second-order valence-corrected chi connectivity index (χ2v) is 6.51. The Morgan fingerprint density at radius 2 is 1.96 bits per heavy atom.